The summed E-state index contributed by atoms with van der Waals surface area (Å²) in [5.41, 5.74) is 2.55. The van der Waals surface area contributed by atoms with Gasteiger partial charge < -0.3 is 4.57 Å². The van der Waals surface area contributed by atoms with E-state index in [1.807, 2.05) is 12.1 Å². The van der Waals surface area contributed by atoms with Gasteiger partial charge in [0.2, 0.25) is 0 Å². The molecule has 0 saturated carbocycles. The predicted octanol–water partition coefficient (Wildman–Crippen LogP) is 3.41. The highest BCUT2D eigenvalue weighted by Gasteiger charge is 2.22. The van der Waals surface area contributed by atoms with Crippen LogP contribution in [0.5, 0.6) is 0 Å². The summed E-state index contributed by atoms with van der Waals surface area (Å²) in [5.74, 6) is -0.313. The number of hydrogen-bond donors (Lipinski definition) is 1. The van der Waals surface area contributed by atoms with Crippen LogP contribution in [0.4, 0.5) is 4.39 Å². The van der Waals surface area contributed by atoms with Crippen molar-refractivity contribution < 1.29 is 8.60 Å². The molecule has 1 aromatic heterocycles. The van der Waals surface area contributed by atoms with Crippen molar-refractivity contribution in [2.75, 3.05) is 0 Å². The van der Waals surface area contributed by atoms with Gasteiger partial charge in [0.15, 0.2) is 0 Å². The standard InChI is InChI=1S/C18H17FN2OS/c19-14-5-9-17(10-6-14)23(22)20-15-7-8-16-11-13-3-1-2-4-18(13)21(16)12-15/h1-6,9-11,15,20H,7-8,12H2. The first kappa shape index (κ1) is 14.6. The molecule has 0 radical (unpaired) electrons. The molecule has 5 heteroatoms. The molecule has 0 amide bonds. The normalized spacial score (nSPS) is 18.7. The molecular formula is C18H17FN2OS. The molecule has 118 valence electrons. The molecule has 0 spiro atoms. The Morgan fingerprint density at radius 2 is 1.91 bits per heavy atom. The van der Waals surface area contributed by atoms with Crippen molar-refractivity contribution in [1.82, 2.24) is 9.29 Å². The highest BCUT2D eigenvalue weighted by atomic mass is 32.2. The molecule has 0 bridgehead atoms. The van der Waals surface area contributed by atoms with E-state index in [1.54, 1.807) is 12.1 Å². The van der Waals surface area contributed by atoms with Gasteiger partial charge in [-0.2, -0.15) is 0 Å². The fourth-order valence-electron chi connectivity index (χ4n) is 3.20. The predicted molar refractivity (Wildman–Crippen MR) is 90.0 cm³/mol. The molecule has 3 nitrogen and oxygen atoms in total. The minimum absolute atomic E-state index is 0.143. The van der Waals surface area contributed by atoms with E-state index in [9.17, 15) is 8.60 Å². The molecule has 23 heavy (non-hydrogen) atoms. The molecule has 2 aromatic carbocycles. The van der Waals surface area contributed by atoms with E-state index in [0.717, 1.165) is 19.4 Å². The minimum Gasteiger partial charge on any atom is -0.343 e. The van der Waals surface area contributed by atoms with Crippen LogP contribution in [-0.4, -0.2) is 14.8 Å². The van der Waals surface area contributed by atoms with Crippen molar-refractivity contribution in [3.8, 4) is 0 Å². The van der Waals surface area contributed by atoms with E-state index in [-0.39, 0.29) is 11.9 Å². The maximum absolute atomic E-state index is 13.0. The van der Waals surface area contributed by atoms with Crippen LogP contribution in [0.1, 0.15) is 12.1 Å². The summed E-state index contributed by atoms with van der Waals surface area (Å²) in [6, 6.07) is 16.5. The van der Waals surface area contributed by atoms with Crippen LogP contribution in [0.25, 0.3) is 10.9 Å². The topological polar surface area (TPSA) is 34.0 Å². The van der Waals surface area contributed by atoms with Crippen molar-refractivity contribution in [1.29, 1.82) is 0 Å². The van der Waals surface area contributed by atoms with Crippen LogP contribution in [0.2, 0.25) is 0 Å². The molecule has 4 rings (SSSR count). The van der Waals surface area contributed by atoms with Crippen LogP contribution in [0, 0.1) is 5.82 Å². The van der Waals surface area contributed by atoms with E-state index in [1.165, 1.54) is 28.7 Å². The van der Waals surface area contributed by atoms with Crippen LogP contribution in [-0.2, 0) is 24.0 Å². The zero-order valence-corrected chi connectivity index (χ0v) is 13.4. The molecular weight excluding hydrogens is 311 g/mol. The Morgan fingerprint density at radius 3 is 2.74 bits per heavy atom. The molecule has 0 aliphatic carbocycles. The van der Waals surface area contributed by atoms with E-state index in [4.69, 9.17) is 0 Å². The highest BCUT2D eigenvalue weighted by molar-refractivity contribution is 7.83. The molecule has 1 N–H and O–H groups in total. The van der Waals surface area contributed by atoms with Gasteiger partial charge in [0.1, 0.15) is 16.8 Å². The minimum atomic E-state index is -1.32. The lowest BCUT2D eigenvalue weighted by Crippen LogP contribution is -2.38. The summed E-state index contributed by atoms with van der Waals surface area (Å²) in [7, 11) is -1.32. The van der Waals surface area contributed by atoms with Gasteiger partial charge in [-0.05, 0) is 54.6 Å². The number of fused-ring (bicyclic) bond motifs is 3. The maximum atomic E-state index is 13.0. The number of nitrogens with zero attached hydrogens (tertiary/aromatic N) is 1. The van der Waals surface area contributed by atoms with Gasteiger partial charge in [-0.15, -0.1) is 0 Å². The van der Waals surface area contributed by atoms with Crippen molar-refractivity contribution >= 4 is 21.9 Å². The molecule has 3 aromatic rings. The van der Waals surface area contributed by atoms with Gasteiger partial charge in [0, 0.05) is 23.8 Å². The molecule has 0 fully saturated rings. The third kappa shape index (κ3) is 2.82. The van der Waals surface area contributed by atoms with Gasteiger partial charge >= 0.3 is 0 Å². The number of hydrogen-bond acceptors (Lipinski definition) is 1. The Bertz CT molecular complexity index is 872. The van der Waals surface area contributed by atoms with E-state index in [0.29, 0.717) is 4.90 Å². The quantitative estimate of drug-likeness (QED) is 0.785. The number of aromatic nitrogens is 1. The average molecular weight is 328 g/mol. The lowest BCUT2D eigenvalue weighted by Gasteiger charge is -2.25. The molecule has 0 saturated heterocycles. The average Bonchev–Trinajstić information content (AvgIpc) is 2.93. The first-order valence-electron chi connectivity index (χ1n) is 7.71. The van der Waals surface area contributed by atoms with Gasteiger partial charge in [0.25, 0.3) is 0 Å². The molecule has 2 unspecified atom stereocenters. The van der Waals surface area contributed by atoms with E-state index < -0.39 is 11.0 Å². The highest BCUT2D eigenvalue weighted by Crippen LogP contribution is 2.25. The zero-order valence-electron chi connectivity index (χ0n) is 12.5. The van der Waals surface area contributed by atoms with E-state index >= 15 is 0 Å². The summed E-state index contributed by atoms with van der Waals surface area (Å²) in [6.45, 7) is 0.801. The van der Waals surface area contributed by atoms with E-state index in [2.05, 4.69) is 27.5 Å². The summed E-state index contributed by atoms with van der Waals surface area (Å²) in [4.78, 5) is 0.606. The number of aryl methyl sites for hydroxylation is 1. The second-order valence-corrected chi connectivity index (χ2v) is 7.13. The fourth-order valence-corrected chi connectivity index (χ4v) is 4.21. The summed E-state index contributed by atoms with van der Waals surface area (Å²) >= 11 is 0. The Balaban J connectivity index is 1.53. The largest absolute Gasteiger partial charge is 0.343 e. The van der Waals surface area contributed by atoms with Crippen LogP contribution in [0.3, 0.4) is 0 Å². The van der Waals surface area contributed by atoms with Crippen LogP contribution < -0.4 is 4.72 Å². The molecule has 2 heterocycles. The third-order valence-electron chi connectivity index (χ3n) is 4.35. The summed E-state index contributed by atoms with van der Waals surface area (Å²) in [6.07, 6.45) is 1.91. The number of benzene rings is 2. The Kier molecular flexibility index (Phi) is 3.75. The lowest BCUT2D eigenvalue weighted by molar-refractivity contribution is 0.443. The first-order chi connectivity index (χ1) is 11.2. The van der Waals surface area contributed by atoms with Gasteiger partial charge in [0.05, 0.1) is 4.90 Å². The van der Waals surface area contributed by atoms with Gasteiger partial charge in [-0.3, -0.25) is 0 Å². The Morgan fingerprint density at radius 1 is 1.13 bits per heavy atom. The molecule has 1 aliphatic heterocycles. The second-order valence-electron chi connectivity index (χ2n) is 5.88. The number of nitrogens with one attached hydrogen (secondary N) is 1. The monoisotopic (exact) mass is 328 g/mol. The first-order valence-corrected chi connectivity index (χ1v) is 8.86. The van der Waals surface area contributed by atoms with Crippen molar-refractivity contribution in [2.45, 2.75) is 30.3 Å². The Hall–Kier alpha value is -1.98. The van der Waals surface area contributed by atoms with Crippen molar-refractivity contribution in [3.05, 3.63) is 66.1 Å². The summed E-state index contributed by atoms with van der Waals surface area (Å²) < 4.78 is 30.9. The van der Waals surface area contributed by atoms with Crippen molar-refractivity contribution in [3.63, 3.8) is 0 Å². The number of halogens is 1. The number of rotatable bonds is 3. The molecule has 1 aliphatic rings. The molecule has 2 atom stereocenters. The van der Waals surface area contributed by atoms with Gasteiger partial charge in [-0.25, -0.2) is 13.3 Å². The second kappa shape index (κ2) is 5.91. The van der Waals surface area contributed by atoms with Crippen LogP contribution >= 0.6 is 0 Å². The number of para-hydroxylation sites is 1. The Labute approximate surface area is 136 Å². The summed E-state index contributed by atoms with van der Waals surface area (Å²) in [5, 5.41) is 1.25. The SMILES string of the molecule is O=S(NC1CCc2cc3ccccc3n2C1)c1ccc(F)cc1. The lowest BCUT2D eigenvalue weighted by atomic mass is 10.1. The zero-order chi connectivity index (χ0) is 15.8. The fraction of sp³-hybridized carbons (Fsp3) is 0.222. The third-order valence-corrected chi connectivity index (χ3v) is 5.60. The van der Waals surface area contributed by atoms with Crippen LogP contribution in [0.15, 0.2) is 59.5 Å². The van der Waals surface area contributed by atoms with Gasteiger partial charge in [-0.1, -0.05) is 18.2 Å². The maximum Gasteiger partial charge on any atom is 0.125 e. The van der Waals surface area contributed by atoms with Crippen molar-refractivity contribution in [2.24, 2.45) is 0 Å². The smallest absolute Gasteiger partial charge is 0.125 e.